The molecule has 0 saturated carbocycles. The lowest BCUT2D eigenvalue weighted by molar-refractivity contribution is 0.0690. The van der Waals surface area contributed by atoms with Gasteiger partial charge in [-0.2, -0.15) is 5.10 Å². The number of carboxylic acids is 1. The fourth-order valence-corrected chi connectivity index (χ4v) is 1.77. The van der Waals surface area contributed by atoms with Crippen molar-refractivity contribution in [2.45, 2.75) is 0 Å². The number of aromatic carboxylic acids is 1. The molecule has 0 aliphatic rings. The average molecular weight is 271 g/mol. The highest BCUT2D eigenvalue weighted by atomic mass is 35.5. The minimum absolute atomic E-state index is 0.0607. The molecule has 94 valence electrons. The number of rotatable bonds is 3. The zero-order valence-corrected chi connectivity index (χ0v) is 9.95. The van der Waals surface area contributed by atoms with E-state index in [0.717, 1.165) is 0 Å². The van der Waals surface area contributed by atoms with Crippen LogP contribution in [0.5, 0.6) is 5.75 Å². The Labute approximate surface area is 106 Å². The number of nitrogens with zero attached hydrogens (tertiary/aromatic N) is 1. The Morgan fingerprint density at radius 1 is 1.50 bits per heavy atom. The number of methoxy groups -OCH3 is 1. The minimum Gasteiger partial charge on any atom is -0.492 e. The highest BCUT2D eigenvalue weighted by Crippen LogP contribution is 2.32. The van der Waals surface area contributed by atoms with Crippen molar-refractivity contribution >= 4 is 17.6 Å². The second-order valence-electron chi connectivity index (χ2n) is 3.45. The molecule has 1 aromatic heterocycles. The van der Waals surface area contributed by atoms with Gasteiger partial charge in [0.2, 0.25) is 0 Å². The van der Waals surface area contributed by atoms with Gasteiger partial charge in [0, 0.05) is 5.56 Å². The van der Waals surface area contributed by atoms with Crippen molar-refractivity contribution in [1.29, 1.82) is 0 Å². The summed E-state index contributed by atoms with van der Waals surface area (Å²) in [4.78, 5) is 10.7. The molecule has 1 aromatic carbocycles. The van der Waals surface area contributed by atoms with E-state index in [9.17, 15) is 9.18 Å². The molecule has 0 saturated heterocycles. The number of benzene rings is 1. The van der Waals surface area contributed by atoms with Crippen LogP contribution in [-0.4, -0.2) is 28.4 Å². The van der Waals surface area contributed by atoms with Crippen molar-refractivity contribution in [3.05, 3.63) is 34.7 Å². The highest BCUT2D eigenvalue weighted by molar-refractivity contribution is 6.32. The van der Waals surface area contributed by atoms with Gasteiger partial charge in [-0.3, -0.25) is 5.10 Å². The predicted octanol–water partition coefficient (Wildman–Crippen LogP) is 2.58. The van der Waals surface area contributed by atoms with Crippen molar-refractivity contribution < 1.29 is 19.0 Å². The van der Waals surface area contributed by atoms with Crippen LogP contribution in [0.3, 0.4) is 0 Å². The lowest BCUT2D eigenvalue weighted by Gasteiger charge is -2.05. The van der Waals surface area contributed by atoms with Crippen LogP contribution in [0.4, 0.5) is 4.39 Å². The van der Waals surface area contributed by atoms with Gasteiger partial charge in [-0.15, -0.1) is 0 Å². The van der Waals surface area contributed by atoms with Crippen molar-refractivity contribution in [3.8, 4) is 17.0 Å². The SMILES string of the molecule is COc1c(F)cc(-c2cc(C(=O)O)[nH]n2)cc1Cl. The summed E-state index contributed by atoms with van der Waals surface area (Å²) in [5.41, 5.74) is 0.565. The van der Waals surface area contributed by atoms with E-state index in [4.69, 9.17) is 21.4 Å². The number of hydrogen-bond acceptors (Lipinski definition) is 3. The maximum atomic E-state index is 13.6. The molecule has 0 atom stereocenters. The maximum absolute atomic E-state index is 13.6. The Kier molecular flexibility index (Phi) is 3.20. The summed E-state index contributed by atoms with van der Waals surface area (Å²) < 4.78 is 18.4. The first-order chi connectivity index (χ1) is 8.52. The molecule has 2 N–H and O–H groups in total. The second kappa shape index (κ2) is 4.66. The molecular formula is C11H8ClFN2O3. The molecule has 2 aromatic rings. The standard InChI is InChI=1S/C11H8ClFN2O3/c1-18-10-6(12)2-5(3-7(10)13)8-4-9(11(16)17)15-14-8/h2-4H,1H3,(H,14,15)(H,16,17). The Morgan fingerprint density at radius 3 is 2.72 bits per heavy atom. The fraction of sp³-hybridized carbons (Fsp3) is 0.0909. The van der Waals surface area contributed by atoms with E-state index in [2.05, 4.69) is 10.2 Å². The van der Waals surface area contributed by atoms with E-state index in [-0.39, 0.29) is 22.2 Å². The van der Waals surface area contributed by atoms with Crippen LogP contribution in [0.25, 0.3) is 11.3 Å². The predicted molar refractivity (Wildman–Crippen MR) is 62.5 cm³/mol. The van der Waals surface area contributed by atoms with E-state index in [1.165, 1.54) is 25.3 Å². The summed E-state index contributed by atoms with van der Waals surface area (Å²) in [6, 6.07) is 3.91. The van der Waals surface area contributed by atoms with Gasteiger partial charge in [0.1, 0.15) is 5.69 Å². The van der Waals surface area contributed by atoms with E-state index in [1.807, 2.05) is 0 Å². The van der Waals surface area contributed by atoms with Crippen molar-refractivity contribution in [2.24, 2.45) is 0 Å². The van der Waals surface area contributed by atoms with Crippen LogP contribution >= 0.6 is 11.6 Å². The monoisotopic (exact) mass is 270 g/mol. The molecule has 2 rings (SSSR count). The topological polar surface area (TPSA) is 75.2 Å². The van der Waals surface area contributed by atoms with Gasteiger partial charge in [0.15, 0.2) is 11.6 Å². The maximum Gasteiger partial charge on any atom is 0.353 e. The number of nitrogens with one attached hydrogen (secondary N) is 1. The zero-order valence-electron chi connectivity index (χ0n) is 9.20. The Balaban J connectivity index is 2.47. The molecule has 5 nitrogen and oxygen atoms in total. The van der Waals surface area contributed by atoms with Crippen LogP contribution in [-0.2, 0) is 0 Å². The van der Waals surface area contributed by atoms with Crippen LogP contribution in [0.15, 0.2) is 18.2 Å². The lowest BCUT2D eigenvalue weighted by atomic mass is 10.1. The molecule has 1 heterocycles. The van der Waals surface area contributed by atoms with Crippen LogP contribution in [0.1, 0.15) is 10.5 Å². The average Bonchev–Trinajstić information content (AvgIpc) is 2.77. The Bertz CT molecular complexity index is 589. The number of aromatic nitrogens is 2. The second-order valence-corrected chi connectivity index (χ2v) is 3.85. The summed E-state index contributed by atoms with van der Waals surface area (Å²) in [7, 11) is 1.31. The summed E-state index contributed by atoms with van der Waals surface area (Å²) >= 11 is 5.83. The zero-order chi connectivity index (χ0) is 13.3. The first kappa shape index (κ1) is 12.4. The van der Waals surface area contributed by atoms with Crippen LogP contribution < -0.4 is 4.74 Å². The van der Waals surface area contributed by atoms with Gasteiger partial charge in [-0.1, -0.05) is 11.6 Å². The Hall–Kier alpha value is -2.08. The number of H-pyrrole nitrogens is 1. The first-order valence-corrected chi connectivity index (χ1v) is 5.23. The minimum atomic E-state index is -1.14. The summed E-state index contributed by atoms with van der Waals surface area (Å²) in [5.74, 6) is -1.84. The molecular weight excluding hydrogens is 263 g/mol. The molecule has 0 spiro atoms. The molecule has 18 heavy (non-hydrogen) atoms. The molecule has 0 fully saturated rings. The molecule has 0 aliphatic carbocycles. The number of aromatic amines is 1. The van der Waals surface area contributed by atoms with Gasteiger partial charge < -0.3 is 9.84 Å². The first-order valence-electron chi connectivity index (χ1n) is 4.85. The van der Waals surface area contributed by atoms with Crippen molar-refractivity contribution in [3.63, 3.8) is 0 Å². The molecule has 7 heteroatoms. The van der Waals surface area contributed by atoms with E-state index < -0.39 is 11.8 Å². The fourth-order valence-electron chi connectivity index (χ4n) is 1.48. The van der Waals surface area contributed by atoms with E-state index in [1.54, 1.807) is 0 Å². The summed E-state index contributed by atoms with van der Waals surface area (Å²) in [6.45, 7) is 0. The number of carboxylic acid groups (broad SMARTS) is 1. The third-order valence-corrected chi connectivity index (χ3v) is 2.59. The van der Waals surface area contributed by atoms with E-state index >= 15 is 0 Å². The normalized spacial score (nSPS) is 10.4. The van der Waals surface area contributed by atoms with Gasteiger partial charge in [-0.25, -0.2) is 9.18 Å². The smallest absolute Gasteiger partial charge is 0.353 e. The molecule has 0 radical (unpaired) electrons. The third-order valence-electron chi connectivity index (χ3n) is 2.31. The largest absolute Gasteiger partial charge is 0.492 e. The highest BCUT2D eigenvalue weighted by Gasteiger charge is 2.14. The lowest BCUT2D eigenvalue weighted by Crippen LogP contribution is -1.95. The van der Waals surface area contributed by atoms with Crippen molar-refractivity contribution in [2.75, 3.05) is 7.11 Å². The van der Waals surface area contributed by atoms with Gasteiger partial charge in [-0.05, 0) is 18.2 Å². The quantitative estimate of drug-likeness (QED) is 0.899. The van der Waals surface area contributed by atoms with Gasteiger partial charge in [0.25, 0.3) is 0 Å². The van der Waals surface area contributed by atoms with Gasteiger partial charge >= 0.3 is 5.97 Å². The van der Waals surface area contributed by atoms with Crippen molar-refractivity contribution in [1.82, 2.24) is 10.2 Å². The van der Waals surface area contributed by atoms with Gasteiger partial charge in [0.05, 0.1) is 17.8 Å². The molecule has 0 bridgehead atoms. The molecule has 0 amide bonds. The molecule has 0 unspecified atom stereocenters. The number of hydrogen-bond donors (Lipinski definition) is 2. The summed E-state index contributed by atoms with van der Waals surface area (Å²) in [6.07, 6.45) is 0. The number of halogens is 2. The molecule has 0 aliphatic heterocycles. The van der Waals surface area contributed by atoms with E-state index in [0.29, 0.717) is 5.56 Å². The van der Waals surface area contributed by atoms with Crippen LogP contribution in [0, 0.1) is 5.82 Å². The number of carbonyl (C=O) groups is 1. The number of ether oxygens (including phenoxy) is 1. The third kappa shape index (κ3) is 2.14. The summed E-state index contributed by atoms with van der Waals surface area (Å²) in [5, 5.41) is 14.9. The van der Waals surface area contributed by atoms with Crippen LogP contribution in [0.2, 0.25) is 5.02 Å². The Morgan fingerprint density at radius 2 is 2.22 bits per heavy atom.